The first-order valence-electron chi connectivity index (χ1n) is 13.3. The van der Waals surface area contributed by atoms with Crippen LogP contribution >= 0.6 is 0 Å². The number of benzene rings is 2. The summed E-state index contributed by atoms with van der Waals surface area (Å²) in [7, 11) is -2.49. The van der Waals surface area contributed by atoms with Crippen LogP contribution in [0.3, 0.4) is 0 Å². The average Bonchev–Trinajstić information content (AvgIpc) is 2.82. The lowest BCUT2D eigenvalue weighted by atomic mass is 10.0. The van der Waals surface area contributed by atoms with Gasteiger partial charge in [0.25, 0.3) is 0 Å². The number of hydrogen-bond donors (Lipinski definition) is 3. The molecule has 0 saturated carbocycles. The number of carboxylic acids is 1. The van der Waals surface area contributed by atoms with Crippen LogP contribution in [0.2, 0.25) is 18.1 Å². The molecule has 3 rings (SSSR count). The number of pyridine rings is 1. The van der Waals surface area contributed by atoms with Crippen molar-refractivity contribution in [3.8, 4) is 5.75 Å². The minimum Gasteiger partial charge on any atom is -0.506 e. The van der Waals surface area contributed by atoms with E-state index < -0.39 is 37.9 Å². The number of carbonyl (C=O) groups excluding carboxylic acids is 1. The topological polar surface area (TPSA) is 129 Å². The number of aromatic hydroxyl groups is 1. The summed E-state index contributed by atoms with van der Waals surface area (Å²) in [5, 5.41) is 20.0. The number of aromatic amines is 1. The number of carboxylic acid groups (broad SMARTS) is 1. The van der Waals surface area contributed by atoms with E-state index in [9.17, 15) is 24.6 Å². The number of rotatable bonds is 8. The summed E-state index contributed by atoms with van der Waals surface area (Å²) in [5.41, 5.74) is -0.484. The van der Waals surface area contributed by atoms with Gasteiger partial charge in [-0.1, -0.05) is 32.9 Å². The van der Waals surface area contributed by atoms with E-state index in [0.29, 0.717) is 10.9 Å². The Balaban J connectivity index is 2.16. The van der Waals surface area contributed by atoms with Gasteiger partial charge < -0.3 is 29.3 Å². The number of nitrogens with one attached hydrogen (secondary N) is 1. The second-order valence-electron chi connectivity index (χ2n) is 12.6. The molecule has 0 bridgehead atoms. The first kappa shape index (κ1) is 31.8. The highest BCUT2D eigenvalue weighted by atomic mass is 28.4. The van der Waals surface area contributed by atoms with Gasteiger partial charge >= 0.3 is 12.1 Å². The lowest BCUT2D eigenvalue weighted by Gasteiger charge is -2.41. The standard InChI is InChI=1S/C30H39FN2O7Si/c1-29(2,3)39-28(38)33(16-19-10-9-18(27(36)37)15-22(19)31)17-24(40-41(7,8)30(4,5)6)20-11-13-23(34)26-21(20)12-14-25(35)32-26/h9-15,24,34H,16-17H2,1-8H3,(H,32,35)(H,36,37)/t24-/m0/s1. The van der Waals surface area contributed by atoms with Crippen molar-refractivity contribution in [1.29, 1.82) is 0 Å². The number of fused-ring (bicyclic) bond motifs is 1. The van der Waals surface area contributed by atoms with Crippen molar-refractivity contribution >= 4 is 31.3 Å². The molecular weight excluding hydrogens is 547 g/mol. The van der Waals surface area contributed by atoms with E-state index in [-0.39, 0.29) is 46.1 Å². The molecule has 3 aromatic rings. The lowest BCUT2D eigenvalue weighted by molar-refractivity contribution is 0.0135. The third-order valence-electron chi connectivity index (χ3n) is 7.20. The molecule has 0 radical (unpaired) electrons. The van der Waals surface area contributed by atoms with Crippen molar-refractivity contribution in [2.75, 3.05) is 6.54 Å². The summed E-state index contributed by atoms with van der Waals surface area (Å²) in [4.78, 5) is 40.8. The lowest BCUT2D eigenvalue weighted by Crippen LogP contribution is -2.45. The maximum Gasteiger partial charge on any atom is 0.410 e. The quantitative estimate of drug-likeness (QED) is 0.255. The molecule has 0 saturated heterocycles. The molecule has 0 unspecified atom stereocenters. The minimum atomic E-state index is -2.49. The maximum atomic E-state index is 15.0. The molecule has 0 aliphatic carbocycles. The number of phenols is 1. The number of nitrogens with zero attached hydrogens (tertiary/aromatic N) is 1. The average molecular weight is 587 g/mol. The zero-order valence-corrected chi connectivity index (χ0v) is 25.8. The van der Waals surface area contributed by atoms with Crippen LogP contribution < -0.4 is 5.56 Å². The Kier molecular flexibility index (Phi) is 9.04. The number of aromatic nitrogens is 1. The molecule has 3 N–H and O–H groups in total. The number of halogens is 1. The molecule has 1 amide bonds. The third kappa shape index (κ3) is 7.73. The van der Waals surface area contributed by atoms with E-state index in [1.165, 1.54) is 29.2 Å². The summed E-state index contributed by atoms with van der Waals surface area (Å²) in [6, 6.07) is 9.61. The highest BCUT2D eigenvalue weighted by Gasteiger charge is 2.41. The van der Waals surface area contributed by atoms with Crippen molar-refractivity contribution in [3.63, 3.8) is 0 Å². The second kappa shape index (κ2) is 11.7. The first-order valence-corrected chi connectivity index (χ1v) is 16.2. The SMILES string of the molecule is CC(C)(C)OC(=O)N(Cc1ccc(C(=O)O)cc1F)C[C@H](O[Si](C)(C)C(C)(C)C)c1ccc(O)c2[nH]c(=O)ccc12. The number of phenolic OH excluding ortho intramolecular Hbond substituents is 1. The van der Waals surface area contributed by atoms with Gasteiger partial charge in [0.05, 0.1) is 30.3 Å². The fourth-order valence-corrected chi connectivity index (χ4v) is 5.28. The van der Waals surface area contributed by atoms with Crippen LogP contribution in [0.25, 0.3) is 10.9 Å². The summed E-state index contributed by atoms with van der Waals surface area (Å²) in [6.07, 6.45) is -1.46. The van der Waals surface area contributed by atoms with Crippen LogP contribution in [0.4, 0.5) is 9.18 Å². The highest BCUT2D eigenvalue weighted by molar-refractivity contribution is 6.74. The second-order valence-corrected chi connectivity index (χ2v) is 17.4. The van der Waals surface area contributed by atoms with E-state index >= 15 is 4.39 Å². The highest BCUT2D eigenvalue weighted by Crippen LogP contribution is 2.41. The molecule has 0 fully saturated rings. The maximum absolute atomic E-state index is 15.0. The Morgan fingerprint density at radius 3 is 2.27 bits per heavy atom. The minimum absolute atomic E-state index is 0.0550. The van der Waals surface area contributed by atoms with Crippen molar-refractivity contribution in [3.05, 3.63) is 75.3 Å². The number of H-pyrrole nitrogens is 1. The van der Waals surface area contributed by atoms with Gasteiger partial charge in [-0.15, -0.1) is 0 Å². The number of ether oxygens (including phenoxy) is 1. The molecule has 11 heteroatoms. The third-order valence-corrected chi connectivity index (χ3v) is 11.7. The van der Waals surface area contributed by atoms with Crippen LogP contribution in [0.1, 0.15) is 69.1 Å². The Morgan fingerprint density at radius 1 is 1.05 bits per heavy atom. The molecule has 222 valence electrons. The zero-order chi connectivity index (χ0) is 30.9. The predicted molar refractivity (Wildman–Crippen MR) is 157 cm³/mol. The van der Waals surface area contributed by atoms with Crippen LogP contribution in [-0.4, -0.2) is 52.6 Å². The van der Waals surface area contributed by atoms with E-state index in [0.717, 1.165) is 6.07 Å². The number of aromatic carboxylic acids is 1. The van der Waals surface area contributed by atoms with Crippen LogP contribution in [0, 0.1) is 5.82 Å². The van der Waals surface area contributed by atoms with Gasteiger partial charge in [-0.05, 0) is 68.7 Å². The summed E-state index contributed by atoms with van der Waals surface area (Å²) >= 11 is 0. The largest absolute Gasteiger partial charge is 0.506 e. The summed E-state index contributed by atoms with van der Waals surface area (Å²) in [6.45, 7) is 15.2. The van der Waals surface area contributed by atoms with Gasteiger partial charge in [0, 0.05) is 17.0 Å². The Labute approximate surface area is 240 Å². The molecule has 41 heavy (non-hydrogen) atoms. The molecule has 9 nitrogen and oxygen atoms in total. The Morgan fingerprint density at radius 2 is 1.71 bits per heavy atom. The normalized spacial score (nSPS) is 13.2. The zero-order valence-electron chi connectivity index (χ0n) is 24.8. The van der Waals surface area contributed by atoms with Crippen molar-refractivity contribution < 1.29 is 33.4 Å². The summed E-state index contributed by atoms with van der Waals surface area (Å²) < 4.78 is 27.5. The molecule has 1 atom stereocenters. The first-order chi connectivity index (χ1) is 18.8. The molecule has 1 aromatic heterocycles. The van der Waals surface area contributed by atoms with Gasteiger partial charge in [-0.3, -0.25) is 4.79 Å². The summed E-state index contributed by atoms with van der Waals surface area (Å²) in [5.74, 6) is -2.15. The van der Waals surface area contributed by atoms with E-state index in [1.54, 1.807) is 32.9 Å². The van der Waals surface area contributed by atoms with Crippen molar-refractivity contribution in [2.24, 2.45) is 0 Å². The predicted octanol–water partition coefficient (Wildman–Crippen LogP) is 6.57. The number of hydrogen-bond acceptors (Lipinski definition) is 6. The van der Waals surface area contributed by atoms with Gasteiger partial charge in [0.15, 0.2) is 8.32 Å². The number of amides is 1. The van der Waals surface area contributed by atoms with E-state index in [4.69, 9.17) is 9.16 Å². The molecule has 0 aliphatic heterocycles. The monoisotopic (exact) mass is 586 g/mol. The fourth-order valence-electron chi connectivity index (χ4n) is 4.02. The van der Waals surface area contributed by atoms with Crippen LogP contribution in [0.5, 0.6) is 5.75 Å². The van der Waals surface area contributed by atoms with Gasteiger partial charge in [0.1, 0.15) is 17.2 Å². The Hall–Kier alpha value is -3.70. The van der Waals surface area contributed by atoms with Crippen LogP contribution in [0.15, 0.2) is 47.3 Å². The molecule has 0 aliphatic rings. The van der Waals surface area contributed by atoms with Gasteiger partial charge in [-0.25, -0.2) is 14.0 Å². The molecule has 2 aromatic carbocycles. The Bertz CT molecular complexity index is 1510. The molecule has 1 heterocycles. The van der Waals surface area contributed by atoms with E-state index in [2.05, 4.69) is 38.8 Å². The molecule has 0 spiro atoms. The molecular formula is C30H39FN2O7Si. The smallest absolute Gasteiger partial charge is 0.410 e. The van der Waals surface area contributed by atoms with Gasteiger partial charge in [0.2, 0.25) is 5.56 Å². The van der Waals surface area contributed by atoms with Crippen molar-refractivity contribution in [2.45, 2.75) is 77.9 Å². The number of carbonyl (C=O) groups is 2. The van der Waals surface area contributed by atoms with Crippen molar-refractivity contribution in [1.82, 2.24) is 9.88 Å². The van der Waals surface area contributed by atoms with Crippen LogP contribution in [-0.2, 0) is 15.7 Å². The van der Waals surface area contributed by atoms with Gasteiger partial charge in [-0.2, -0.15) is 0 Å². The van der Waals surface area contributed by atoms with E-state index in [1.807, 2.05) is 0 Å². The fraction of sp³-hybridized carbons (Fsp3) is 0.433.